The predicted octanol–water partition coefficient (Wildman–Crippen LogP) is 1.07. The van der Waals surface area contributed by atoms with Crippen LogP contribution in [0.1, 0.15) is 38.0 Å². The fourth-order valence-corrected chi connectivity index (χ4v) is 1.34. The molecule has 0 radical (unpaired) electrons. The van der Waals surface area contributed by atoms with Gasteiger partial charge >= 0.3 is 0 Å². The number of aryl methyl sites for hydroxylation is 1. The lowest BCUT2D eigenvalue weighted by molar-refractivity contribution is -0.119. The Bertz CT molecular complexity index is 335. The Balaban J connectivity index is 2.04. The van der Waals surface area contributed by atoms with E-state index in [1.807, 2.05) is 0 Å². The van der Waals surface area contributed by atoms with Crippen LogP contribution in [0.25, 0.3) is 0 Å². The molecule has 6 heteroatoms. The minimum Gasteiger partial charge on any atom is -0.388 e. The van der Waals surface area contributed by atoms with Gasteiger partial charge in [0, 0.05) is 25.7 Å². The monoisotopic (exact) mass is 224 g/mol. The average molecular weight is 224 g/mol. The number of hydrogen-bond acceptors (Lipinski definition) is 5. The quantitative estimate of drug-likeness (QED) is 0.507. The standard InChI is InChI=1S/C10H16N4O2/c11-9(12)5-1-3-8(15)4-2-6-10-13-7-14-16-10/h7H,1-6H2,(H3,11,12). The molecule has 0 fully saturated rings. The molecule has 6 nitrogen and oxygen atoms in total. The van der Waals surface area contributed by atoms with E-state index in [4.69, 9.17) is 15.7 Å². The van der Waals surface area contributed by atoms with Crippen molar-refractivity contribution in [3.8, 4) is 0 Å². The van der Waals surface area contributed by atoms with Gasteiger partial charge in [0.25, 0.3) is 0 Å². The number of carbonyl (C=O) groups excluding carboxylic acids is 1. The van der Waals surface area contributed by atoms with Crippen LogP contribution in [0.2, 0.25) is 0 Å². The Hall–Kier alpha value is -1.72. The van der Waals surface area contributed by atoms with Crippen molar-refractivity contribution in [1.29, 1.82) is 5.41 Å². The zero-order chi connectivity index (χ0) is 11.8. The molecule has 16 heavy (non-hydrogen) atoms. The summed E-state index contributed by atoms with van der Waals surface area (Å²) in [6.07, 6.45) is 4.87. The first-order valence-corrected chi connectivity index (χ1v) is 5.28. The SMILES string of the molecule is N=C(N)CCCC(=O)CCCc1ncno1. The van der Waals surface area contributed by atoms with Crippen molar-refractivity contribution >= 4 is 11.6 Å². The van der Waals surface area contributed by atoms with Crippen molar-refractivity contribution in [2.24, 2.45) is 5.73 Å². The maximum Gasteiger partial charge on any atom is 0.226 e. The molecule has 0 aliphatic heterocycles. The molecule has 88 valence electrons. The molecule has 0 aromatic carbocycles. The van der Waals surface area contributed by atoms with Crippen LogP contribution < -0.4 is 5.73 Å². The van der Waals surface area contributed by atoms with E-state index in [-0.39, 0.29) is 11.6 Å². The first kappa shape index (κ1) is 12.4. The lowest BCUT2D eigenvalue weighted by atomic mass is 10.1. The Labute approximate surface area is 93.7 Å². The number of carbonyl (C=O) groups is 1. The zero-order valence-electron chi connectivity index (χ0n) is 9.11. The van der Waals surface area contributed by atoms with E-state index in [2.05, 4.69) is 10.1 Å². The molecule has 0 saturated carbocycles. The second-order valence-corrected chi connectivity index (χ2v) is 3.61. The number of nitrogens with one attached hydrogen (secondary N) is 1. The molecule has 0 aliphatic rings. The molecule has 0 bridgehead atoms. The van der Waals surface area contributed by atoms with Crippen molar-refractivity contribution in [1.82, 2.24) is 10.1 Å². The number of amidine groups is 1. The number of nitrogens with two attached hydrogens (primary N) is 1. The fraction of sp³-hybridized carbons (Fsp3) is 0.600. The summed E-state index contributed by atoms with van der Waals surface area (Å²) >= 11 is 0. The minimum absolute atomic E-state index is 0.138. The van der Waals surface area contributed by atoms with Gasteiger partial charge in [-0.05, 0) is 12.8 Å². The summed E-state index contributed by atoms with van der Waals surface area (Å²) in [4.78, 5) is 15.2. The summed E-state index contributed by atoms with van der Waals surface area (Å²) in [6.45, 7) is 0. The Morgan fingerprint density at radius 1 is 1.38 bits per heavy atom. The van der Waals surface area contributed by atoms with E-state index in [1.165, 1.54) is 6.33 Å². The molecule has 1 aromatic heterocycles. The van der Waals surface area contributed by atoms with E-state index in [9.17, 15) is 4.79 Å². The van der Waals surface area contributed by atoms with Gasteiger partial charge in [0.15, 0.2) is 6.33 Å². The van der Waals surface area contributed by atoms with Crippen molar-refractivity contribution in [3.63, 3.8) is 0 Å². The fourth-order valence-electron chi connectivity index (χ4n) is 1.34. The van der Waals surface area contributed by atoms with Gasteiger partial charge in [-0.2, -0.15) is 4.98 Å². The largest absolute Gasteiger partial charge is 0.388 e. The number of nitrogens with zero attached hydrogens (tertiary/aromatic N) is 2. The van der Waals surface area contributed by atoms with Gasteiger partial charge in [-0.3, -0.25) is 10.2 Å². The van der Waals surface area contributed by atoms with Crippen molar-refractivity contribution in [2.45, 2.75) is 38.5 Å². The van der Waals surface area contributed by atoms with Gasteiger partial charge in [-0.1, -0.05) is 5.16 Å². The summed E-state index contributed by atoms with van der Waals surface area (Å²) < 4.78 is 4.81. The summed E-state index contributed by atoms with van der Waals surface area (Å²) in [5.74, 6) is 0.899. The molecule has 1 rings (SSSR count). The predicted molar refractivity (Wildman–Crippen MR) is 58.0 cm³/mol. The molecule has 0 amide bonds. The number of aromatic nitrogens is 2. The summed E-state index contributed by atoms with van der Waals surface area (Å²) in [5, 5.41) is 10.5. The molecule has 0 unspecified atom stereocenters. The third-order valence-electron chi connectivity index (χ3n) is 2.15. The normalized spacial score (nSPS) is 10.2. The minimum atomic E-state index is 0.138. The van der Waals surface area contributed by atoms with Crippen molar-refractivity contribution in [3.05, 3.63) is 12.2 Å². The molecule has 0 spiro atoms. The van der Waals surface area contributed by atoms with Crippen LogP contribution in [0.5, 0.6) is 0 Å². The summed E-state index contributed by atoms with van der Waals surface area (Å²) in [6, 6.07) is 0. The molecular formula is C10H16N4O2. The molecular weight excluding hydrogens is 208 g/mol. The van der Waals surface area contributed by atoms with Crippen LogP contribution in [0.15, 0.2) is 10.9 Å². The molecule has 0 aliphatic carbocycles. The van der Waals surface area contributed by atoms with Crippen LogP contribution in [0.3, 0.4) is 0 Å². The molecule has 3 N–H and O–H groups in total. The van der Waals surface area contributed by atoms with E-state index in [1.54, 1.807) is 0 Å². The Morgan fingerprint density at radius 2 is 2.12 bits per heavy atom. The third-order valence-corrected chi connectivity index (χ3v) is 2.15. The van der Waals surface area contributed by atoms with Gasteiger partial charge in [0.1, 0.15) is 5.78 Å². The van der Waals surface area contributed by atoms with Gasteiger partial charge in [-0.15, -0.1) is 0 Å². The average Bonchev–Trinajstić information content (AvgIpc) is 2.70. The number of Topliss-reactive ketones (excluding diaryl/α,β-unsaturated/α-hetero) is 1. The third kappa shape index (κ3) is 5.23. The topological polar surface area (TPSA) is 106 Å². The highest BCUT2D eigenvalue weighted by Gasteiger charge is 2.04. The molecule has 1 aromatic rings. The molecule has 1 heterocycles. The molecule has 0 atom stereocenters. The van der Waals surface area contributed by atoms with Gasteiger partial charge in [0.05, 0.1) is 5.84 Å². The maximum absolute atomic E-state index is 11.4. The van der Waals surface area contributed by atoms with Gasteiger partial charge in [-0.25, -0.2) is 0 Å². The van der Waals surface area contributed by atoms with Crippen LogP contribution in [-0.4, -0.2) is 21.8 Å². The lowest BCUT2D eigenvalue weighted by Gasteiger charge is -1.99. The number of ketones is 1. The van der Waals surface area contributed by atoms with E-state index < -0.39 is 0 Å². The summed E-state index contributed by atoms with van der Waals surface area (Å²) in [5.41, 5.74) is 5.19. The van der Waals surface area contributed by atoms with Crippen LogP contribution in [-0.2, 0) is 11.2 Å². The number of hydrogen-bond donors (Lipinski definition) is 2. The maximum atomic E-state index is 11.4. The van der Waals surface area contributed by atoms with Crippen molar-refractivity contribution in [2.75, 3.05) is 0 Å². The zero-order valence-corrected chi connectivity index (χ0v) is 9.11. The summed E-state index contributed by atoms with van der Waals surface area (Å²) in [7, 11) is 0. The second kappa shape index (κ2) is 6.71. The van der Waals surface area contributed by atoms with Gasteiger partial charge < -0.3 is 10.3 Å². The van der Waals surface area contributed by atoms with Crippen LogP contribution in [0, 0.1) is 5.41 Å². The number of rotatable bonds is 8. The first-order chi connectivity index (χ1) is 7.68. The van der Waals surface area contributed by atoms with Crippen LogP contribution in [0.4, 0.5) is 0 Å². The Kier molecular flexibility index (Phi) is 5.18. The van der Waals surface area contributed by atoms with Crippen LogP contribution >= 0.6 is 0 Å². The van der Waals surface area contributed by atoms with Crippen molar-refractivity contribution < 1.29 is 9.32 Å². The molecule has 0 saturated heterocycles. The highest BCUT2D eigenvalue weighted by atomic mass is 16.5. The van der Waals surface area contributed by atoms with E-state index in [0.717, 1.165) is 6.42 Å². The van der Waals surface area contributed by atoms with Gasteiger partial charge in [0.2, 0.25) is 5.89 Å². The highest BCUT2D eigenvalue weighted by molar-refractivity contribution is 5.80. The smallest absolute Gasteiger partial charge is 0.226 e. The van der Waals surface area contributed by atoms with E-state index >= 15 is 0 Å². The lowest BCUT2D eigenvalue weighted by Crippen LogP contribution is -2.10. The van der Waals surface area contributed by atoms with E-state index in [0.29, 0.717) is 38.0 Å². The second-order valence-electron chi connectivity index (χ2n) is 3.61. The highest BCUT2D eigenvalue weighted by Crippen LogP contribution is 2.05. The Morgan fingerprint density at radius 3 is 2.75 bits per heavy atom. The first-order valence-electron chi connectivity index (χ1n) is 5.28.